The lowest BCUT2D eigenvalue weighted by Gasteiger charge is -2.20. The Morgan fingerprint density at radius 2 is 1.87 bits per heavy atom. The van der Waals surface area contributed by atoms with Crippen molar-refractivity contribution in [2.45, 2.75) is 64.1 Å². The molecule has 38 heavy (non-hydrogen) atoms. The second-order valence-corrected chi connectivity index (χ2v) is 12.5. The standard InChI is InChI=1S/C25H24F6N4O2S/c1-24(2,3)12-35-11-17(21(23(27)28)34-38(36,37)14-4-5-14)15-8-18(26)16(9-19(15)35)20-13(10-32)6-7-33-22(20)25(29,30)31/h6-9,11,14,21,23,34H,4-5,12H2,1-3H3/t21-/m0/s1. The van der Waals surface area contributed by atoms with Gasteiger partial charge >= 0.3 is 6.18 Å². The van der Waals surface area contributed by atoms with E-state index in [0.29, 0.717) is 12.8 Å². The third kappa shape index (κ3) is 5.51. The van der Waals surface area contributed by atoms with Crippen LogP contribution >= 0.6 is 0 Å². The number of nitrogens with zero attached hydrogens (tertiary/aromatic N) is 3. The van der Waals surface area contributed by atoms with Crippen molar-refractivity contribution in [3.05, 3.63) is 53.2 Å². The van der Waals surface area contributed by atoms with Crippen LogP contribution in [0.25, 0.3) is 22.0 Å². The van der Waals surface area contributed by atoms with E-state index in [0.717, 1.165) is 24.4 Å². The van der Waals surface area contributed by atoms with E-state index in [-0.39, 0.29) is 23.0 Å². The summed E-state index contributed by atoms with van der Waals surface area (Å²) < 4.78 is 114. The fraction of sp³-hybridized carbons (Fsp3) is 0.440. The van der Waals surface area contributed by atoms with Gasteiger partial charge < -0.3 is 4.57 Å². The molecule has 1 aliphatic carbocycles. The van der Waals surface area contributed by atoms with Crippen molar-refractivity contribution >= 4 is 20.9 Å². The highest BCUT2D eigenvalue weighted by Gasteiger charge is 2.41. The van der Waals surface area contributed by atoms with Crippen LogP contribution in [0.1, 0.15) is 56.5 Å². The Balaban J connectivity index is 2.00. The van der Waals surface area contributed by atoms with Gasteiger partial charge in [0.1, 0.15) is 11.9 Å². The van der Waals surface area contributed by atoms with Gasteiger partial charge in [-0.1, -0.05) is 20.8 Å². The molecule has 0 spiro atoms. The van der Waals surface area contributed by atoms with Gasteiger partial charge in [-0.15, -0.1) is 0 Å². The Labute approximate surface area is 215 Å². The molecule has 0 aliphatic heterocycles. The van der Waals surface area contributed by atoms with Crippen molar-refractivity contribution < 1.29 is 34.8 Å². The van der Waals surface area contributed by atoms with Gasteiger partial charge in [-0.2, -0.15) is 18.4 Å². The molecule has 1 fully saturated rings. The summed E-state index contributed by atoms with van der Waals surface area (Å²) in [7, 11) is -4.07. The molecule has 0 unspecified atom stereocenters. The summed E-state index contributed by atoms with van der Waals surface area (Å²) in [6.45, 7) is 5.68. The zero-order chi connectivity index (χ0) is 28.2. The van der Waals surface area contributed by atoms with E-state index < -0.39 is 67.5 Å². The van der Waals surface area contributed by atoms with Crippen molar-refractivity contribution in [2.24, 2.45) is 5.41 Å². The van der Waals surface area contributed by atoms with Crippen LogP contribution in [0.4, 0.5) is 26.3 Å². The molecule has 0 radical (unpaired) electrons. The van der Waals surface area contributed by atoms with E-state index >= 15 is 4.39 Å². The van der Waals surface area contributed by atoms with E-state index in [9.17, 15) is 35.6 Å². The molecule has 1 atom stereocenters. The minimum absolute atomic E-state index is 0.0877. The summed E-state index contributed by atoms with van der Waals surface area (Å²) in [5.41, 5.74) is -3.85. The lowest BCUT2D eigenvalue weighted by atomic mass is 9.95. The van der Waals surface area contributed by atoms with Gasteiger partial charge in [-0.3, -0.25) is 4.98 Å². The van der Waals surface area contributed by atoms with Crippen LogP contribution in [0.15, 0.2) is 30.6 Å². The summed E-state index contributed by atoms with van der Waals surface area (Å²) in [6, 6.07) is 2.50. The van der Waals surface area contributed by atoms with Crippen LogP contribution in [0.5, 0.6) is 0 Å². The number of hydrogen-bond donors (Lipinski definition) is 1. The smallest absolute Gasteiger partial charge is 0.347 e. The second-order valence-electron chi connectivity index (χ2n) is 10.5. The minimum atomic E-state index is -5.01. The Morgan fingerprint density at radius 1 is 1.21 bits per heavy atom. The average molecular weight is 559 g/mol. The summed E-state index contributed by atoms with van der Waals surface area (Å²) in [4.78, 5) is 3.33. The molecule has 1 aromatic carbocycles. The first-order chi connectivity index (χ1) is 17.5. The largest absolute Gasteiger partial charge is 0.434 e. The first-order valence-electron chi connectivity index (χ1n) is 11.6. The van der Waals surface area contributed by atoms with Crippen LogP contribution in [0, 0.1) is 22.6 Å². The number of pyridine rings is 1. The highest BCUT2D eigenvalue weighted by molar-refractivity contribution is 7.90. The molecular weight excluding hydrogens is 534 g/mol. The van der Waals surface area contributed by atoms with E-state index in [1.54, 1.807) is 6.07 Å². The van der Waals surface area contributed by atoms with Gasteiger partial charge in [0.2, 0.25) is 10.0 Å². The van der Waals surface area contributed by atoms with Crippen LogP contribution in [-0.4, -0.2) is 29.6 Å². The average Bonchev–Trinajstić information content (AvgIpc) is 3.60. The molecule has 1 saturated carbocycles. The second kappa shape index (κ2) is 9.57. The summed E-state index contributed by atoms with van der Waals surface area (Å²) in [5, 5.41) is 8.58. The number of hydrogen-bond acceptors (Lipinski definition) is 4. The van der Waals surface area contributed by atoms with Crippen molar-refractivity contribution in [1.29, 1.82) is 5.26 Å². The van der Waals surface area contributed by atoms with Gasteiger partial charge in [-0.25, -0.2) is 26.3 Å². The molecule has 6 nitrogen and oxygen atoms in total. The zero-order valence-electron chi connectivity index (χ0n) is 20.6. The number of sulfonamides is 1. The van der Waals surface area contributed by atoms with Crippen LogP contribution in [0.3, 0.4) is 0 Å². The monoisotopic (exact) mass is 558 g/mol. The van der Waals surface area contributed by atoms with Crippen LogP contribution in [-0.2, 0) is 22.7 Å². The molecular formula is C25H24F6N4O2S. The molecule has 0 amide bonds. The third-order valence-corrected chi connectivity index (χ3v) is 8.03. The van der Waals surface area contributed by atoms with Crippen LogP contribution < -0.4 is 4.72 Å². The number of fused-ring (bicyclic) bond motifs is 1. The minimum Gasteiger partial charge on any atom is -0.347 e. The van der Waals surface area contributed by atoms with E-state index in [1.165, 1.54) is 10.8 Å². The molecule has 13 heteroatoms. The van der Waals surface area contributed by atoms with Crippen LogP contribution in [0.2, 0.25) is 0 Å². The molecule has 3 aromatic rings. The van der Waals surface area contributed by atoms with E-state index in [4.69, 9.17) is 0 Å². The number of nitrogens with one attached hydrogen (secondary N) is 1. The number of rotatable bonds is 7. The SMILES string of the molecule is CC(C)(C)Cn1cc([C@H](NS(=O)(=O)C2CC2)C(F)F)c2cc(F)c(-c3c(C#N)ccnc3C(F)(F)F)cc21. The highest BCUT2D eigenvalue weighted by Crippen LogP contribution is 2.42. The quantitative estimate of drug-likeness (QED) is 0.352. The first kappa shape index (κ1) is 27.9. The predicted molar refractivity (Wildman–Crippen MR) is 128 cm³/mol. The van der Waals surface area contributed by atoms with Gasteiger partial charge in [-0.05, 0) is 36.5 Å². The number of nitriles is 1. The molecule has 204 valence electrons. The fourth-order valence-electron chi connectivity index (χ4n) is 4.36. The van der Waals surface area contributed by atoms with Gasteiger partial charge in [0.15, 0.2) is 5.69 Å². The van der Waals surface area contributed by atoms with Crippen molar-refractivity contribution in [2.75, 3.05) is 0 Å². The summed E-state index contributed by atoms with van der Waals surface area (Å²) >= 11 is 0. The van der Waals surface area contributed by atoms with Crippen molar-refractivity contribution in [3.63, 3.8) is 0 Å². The van der Waals surface area contributed by atoms with Gasteiger partial charge in [0.25, 0.3) is 6.43 Å². The predicted octanol–water partition coefficient (Wildman–Crippen LogP) is 6.17. The van der Waals surface area contributed by atoms with Gasteiger partial charge in [0, 0.05) is 46.5 Å². The van der Waals surface area contributed by atoms with E-state index in [2.05, 4.69) is 4.98 Å². The molecule has 1 N–H and O–H groups in total. The topological polar surface area (TPSA) is 87.8 Å². The lowest BCUT2D eigenvalue weighted by Crippen LogP contribution is -2.35. The normalized spacial score (nSPS) is 15.7. The Morgan fingerprint density at radius 3 is 2.39 bits per heavy atom. The maximum atomic E-state index is 15.5. The zero-order valence-corrected chi connectivity index (χ0v) is 21.4. The number of alkyl halides is 5. The maximum absolute atomic E-state index is 15.5. The fourth-order valence-corrected chi connectivity index (χ4v) is 5.90. The first-order valence-corrected chi connectivity index (χ1v) is 13.2. The molecule has 2 heterocycles. The molecule has 2 aromatic heterocycles. The molecule has 0 saturated heterocycles. The van der Waals surface area contributed by atoms with Gasteiger partial charge in [0.05, 0.1) is 16.9 Å². The highest BCUT2D eigenvalue weighted by atomic mass is 32.2. The lowest BCUT2D eigenvalue weighted by molar-refractivity contribution is -0.140. The van der Waals surface area contributed by atoms with E-state index in [1.807, 2.05) is 25.5 Å². The maximum Gasteiger partial charge on any atom is 0.434 e. The Hall–Kier alpha value is -3.11. The van der Waals surface area contributed by atoms with Crippen molar-refractivity contribution in [1.82, 2.24) is 14.3 Å². The number of benzene rings is 1. The molecule has 0 bridgehead atoms. The summed E-state index contributed by atoms with van der Waals surface area (Å²) in [6.07, 6.45) is -5.47. The number of aromatic nitrogens is 2. The third-order valence-electron chi connectivity index (χ3n) is 6.10. The molecule has 4 rings (SSSR count). The number of halogens is 6. The Bertz CT molecular complexity index is 1530. The summed E-state index contributed by atoms with van der Waals surface area (Å²) in [5.74, 6) is -1.21. The van der Waals surface area contributed by atoms with Crippen molar-refractivity contribution in [3.8, 4) is 17.2 Å². The molecule has 1 aliphatic rings. The Kier molecular flexibility index (Phi) is 7.03.